The number of nitrogens with zero attached hydrogens (tertiary/aromatic N) is 2. The van der Waals surface area contributed by atoms with Gasteiger partial charge in [0, 0.05) is 6.54 Å². The second-order valence-corrected chi connectivity index (χ2v) is 3.28. The van der Waals surface area contributed by atoms with E-state index >= 15 is 0 Å². The van der Waals surface area contributed by atoms with Gasteiger partial charge in [-0.25, -0.2) is 0 Å². The molecule has 0 radical (unpaired) electrons. The van der Waals surface area contributed by atoms with Crippen molar-refractivity contribution >= 4 is 0 Å². The van der Waals surface area contributed by atoms with Crippen LogP contribution in [-0.2, 0) is 0 Å². The molecule has 0 aromatic rings. The Hall–Kier alpha value is -0.120. The Kier molecular flexibility index (Phi) is 7.45. The predicted molar refractivity (Wildman–Crippen MR) is 52.4 cm³/mol. The van der Waals surface area contributed by atoms with Gasteiger partial charge in [-0.3, -0.25) is 0 Å². The third kappa shape index (κ3) is 6.58. The molecule has 0 fully saturated rings. The van der Waals surface area contributed by atoms with E-state index in [-0.39, 0.29) is 6.61 Å². The fourth-order valence-corrected chi connectivity index (χ4v) is 1.05. The summed E-state index contributed by atoms with van der Waals surface area (Å²) in [6.45, 7) is 6.55. The van der Waals surface area contributed by atoms with Gasteiger partial charge in [-0.1, -0.05) is 6.92 Å². The lowest BCUT2D eigenvalue weighted by Gasteiger charge is -2.18. The minimum Gasteiger partial charge on any atom is -0.395 e. The van der Waals surface area contributed by atoms with Gasteiger partial charge in [0.05, 0.1) is 6.61 Å². The van der Waals surface area contributed by atoms with Crippen LogP contribution < -0.4 is 0 Å². The molecular formula is C9H22N2O. The van der Waals surface area contributed by atoms with Crippen LogP contribution in [0.5, 0.6) is 0 Å². The van der Waals surface area contributed by atoms with E-state index in [2.05, 4.69) is 23.8 Å². The van der Waals surface area contributed by atoms with Gasteiger partial charge in [-0.15, -0.1) is 0 Å². The molecule has 3 heteroatoms. The van der Waals surface area contributed by atoms with Crippen LogP contribution in [0, 0.1) is 0 Å². The summed E-state index contributed by atoms with van der Waals surface area (Å²) in [4.78, 5) is 4.45. The average molecular weight is 174 g/mol. The third-order valence-electron chi connectivity index (χ3n) is 2.10. The van der Waals surface area contributed by atoms with Gasteiger partial charge in [-0.2, -0.15) is 0 Å². The van der Waals surface area contributed by atoms with Gasteiger partial charge in [-0.05, 0) is 40.2 Å². The molecule has 0 saturated heterocycles. The summed E-state index contributed by atoms with van der Waals surface area (Å²) in [5.74, 6) is 0. The fourth-order valence-electron chi connectivity index (χ4n) is 1.05. The van der Waals surface area contributed by atoms with Crippen LogP contribution in [0.25, 0.3) is 0 Å². The van der Waals surface area contributed by atoms with Gasteiger partial charge >= 0.3 is 0 Å². The van der Waals surface area contributed by atoms with Crippen molar-refractivity contribution < 1.29 is 5.11 Å². The van der Waals surface area contributed by atoms with Crippen molar-refractivity contribution in [3.05, 3.63) is 0 Å². The first-order valence-electron chi connectivity index (χ1n) is 4.68. The highest BCUT2D eigenvalue weighted by molar-refractivity contribution is 4.53. The lowest BCUT2D eigenvalue weighted by atomic mass is 10.3. The summed E-state index contributed by atoms with van der Waals surface area (Å²) in [6, 6.07) is 0. The van der Waals surface area contributed by atoms with Crippen LogP contribution in [0.3, 0.4) is 0 Å². The monoisotopic (exact) mass is 174 g/mol. The lowest BCUT2D eigenvalue weighted by molar-refractivity contribution is 0.213. The topological polar surface area (TPSA) is 26.7 Å². The number of rotatable bonds is 7. The minimum atomic E-state index is 0.264. The fraction of sp³-hybridized carbons (Fsp3) is 1.00. The van der Waals surface area contributed by atoms with Crippen LogP contribution in [-0.4, -0.2) is 61.8 Å². The number of aliphatic hydroxyl groups is 1. The first-order valence-corrected chi connectivity index (χ1v) is 4.68. The Morgan fingerprint density at radius 3 is 2.08 bits per heavy atom. The zero-order valence-corrected chi connectivity index (χ0v) is 8.58. The van der Waals surface area contributed by atoms with Gasteiger partial charge in [0.2, 0.25) is 0 Å². The molecule has 0 bridgehead atoms. The van der Waals surface area contributed by atoms with E-state index < -0.39 is 0 Å². The minimum absolute atomic E-state index is 0.264. The molecule has 0 aliphatic carbocycles. The maximum atomic E-state index is 8.64. The van der Waals surface area contributed by atoms with Crippen molar-refractivity contribution in [3.8, 4) is 0 Å². The van der Waals surface area contributed by atoms with E-state index in [1.165, 1.54) is 6.42 Å². The quantitative estimate of drug-likeness (QED) is 0.599. The first kappa shape index (κ1) is 11.9. The maximum Gasteiger partial charge on any atom is 0.0558 e. The van der Waals surface area contributed by atoms with Crippen molar-refractivity contribution in [1.82, 2.24) is 9.80 Å². The Morgan fingerprint density at radius 2 is 1.58 bits per heavy atom. The van der Waals surface area contributed by atoms with Crippen molar-refractivity contribution in [1.29, 1.82) is 0 Å². The summed E-state index contributed by atoms with van der Waals surface area (Å²) >= 11 is 0. The van der Waals surface area contributed by atoms with Crippen molar-refractivity contribution in [2.75, 3.05) is 46.9 Å². The molecule has 0 rings (SSSR count). The van der Waals surface area contributed by atoms with Gasteiger partial charge < -0.3 is 14.9 Å². The molecule has 74 valence electrons. The molecular weight excluding hydrogens is 152 g/mol. The number of hydrogen-bond acceptors (Lipinski definition) is 3. The Bertz CT molecular complexity index is 98.5. The second-order valence-electron chi connectivity index (χ2n) is 3.28. The summed E-state index contributed by atoms with van der Waals surface area (Å²) in [5, 5.41) is 8.64. The Morgan fingerprint density at radius 1 is 1.00 bits per heavy atom. The first-order chi connectivity index (χ1) is 5.70. The smallest absolute Gasteiger partial charge is 0.0558 e. The zero-order chi connectivity index (χ0) is 9.40. The van der Waals surface area contributed by atoms with Gasteiger partial charge in [0.25, 0.3) is 0 Å². The standard InChI is InChI=1S/C9H22N2O/c1-4-10(2)6-5-7-11(3)8-9-12/h12H,4-9H2,1-3H3. The number of likely N-dealkylation sites (N-methyl/N-ethyl adjacent to an activating group) is 1. The van der Waals surface area contributed by atoms with Crippen molar-refractivity contribution in [2.24, 2.45) is 0 Å². The van der Waals surface area contributed by atoms with Gasteiger partial charge in [0.1, 0.15) is 0 Å². The molecule has 0 aromatic carbocycles. The van der Waals surface area contributed by atoms with E-state index in [9.17, 15) is 0 Å². The molecule has 0 heterocycles. The number of aliphatic hydroxyl groups excluding tert-OH is 1. The van der Waals surface area contributed by atoms with Crippen LogP contribution in [0.1, 0.15) is 13.3 Å². The summed E-state index contributed by atoms with van der Waals surface area (Å²) in [7, 11) is 4.17. The molecule has 0 saturated carbocycles. The highest BCUT2D eigenvalue weighted by Gasteiger charge is 1.98. The van der Waals surface area contributed by atoms with E-state index in [4.69, 9.17) is 5.11 Å². The van der Waals surface area contributed by atoms with E-state index in [0.29, 0.717) is 0 Å². The molecule has 1 N–H and O–H groups in total. The van der Waals surface area contributed by atoms with E-state index in [1.807, 2.05) is 7.05 Å². The lowest BCUT2D eigenvalue weighted by Crippen LogP contribution is -2.27. The molecule has 0 amide bonds. The van der Waals surface area contributed by atoms with Crippen molar-refractivity contribution in [3.63, 3.8) is 0 Å². The molecule has 0 unspecified atom stereocenters. The summed E-state index contributed by atoms with van der Waals surface area (Å²) < 4.78 is 0. The molecule has 3 nitrogen and oxygen atoms in total. The normalized spacial score (nSPS) is 11.5. The summed E-state index contributed by atoms with van der Waals surface area (Å²) in [6.07, 6.45) is 1.18. The van der Waals surface area contributed by atoms with Crippen LogP contribution >= 0.6 is 0 Å². The Balaban J connectivity index is 3.18. The second kappa shape index (κ2) is 7.53. The van der Waals surface area contributed by atoms with Crippen LogP contribution in [0.4, 0.5) is 0 Å². The van der Waals surface area contributed by atoms with E-state index in [0.717, 1.165) is 26.2 Å². The zero-order valence-electron chi connectivity index (χ0n) is 8.58. The van der Waals surface area contributed by atoms with Crippen molar-refractivity contribution in [2.45, 2.75) is 13.3 Å². The summed E-state index contributed by atoms with van der Waals surface area (Å²) in [5.41, 5.74) is 0. The molecule has 0 aliphatic heterocycles. The molecule has 12 heavy (non-hydrogen) atoms. The Labute approximate surface area is 76.0 Å². The maximum absolute atomic E-state index is 8.64. The third-order valence-corrected chi connectivity index (χ3v) is 2.10. The predicted octanol–water partition coefficient (Wildman–Crippen LogP) is 0.252. The molecule has 0 aromatic heterocycles. The van der Waals surface area contributed by atoms with E-state index in [1.54, 1.807) is 0 Å². The SMILES string of the molecule is CCN(C)CCCN(C)CCO. The van der Waals surface area contributed by atoms with Gasteiger partial charge in [0.15, 0.2) is 0 Å². The average Bonchev–Trinajstić information content (AvgIpc) is 2.04. The molecule has 0 atom stereocenters. The van der Waals surface area contributed by atoms with Crippen LogP contribution in [0.2, 0.25) is 0 Å². The van der Waals surface area contributed by atoms with Crippen LogP contribution in [0.15, 0.2) is 0 Å². The largest absolute Gasteiger partial charge is 0.395 e. The molecule has 0 aliphatic rings. The highest BCUT2D eigenvalue weighted by Crippen LogP contribution is 1.89. The number of hydrogen-bond donors (Lipinski definition) is 1. The highest BCUT2D eigenvalue weighted by atomic mass is 16.3. The molecule has 0 spiro atoms.